The maximum Gasteiger partial charge on any atom is 0.319 e. The Morgan fingerprint density at radius 1 is 1.22 bits per heavy atom. The maximum atomic E-state index is 12.2. The third-order valence-corrected chi connectivity index (χ3v) is 4.84. The molecule has 0 bridgehead atoms. The number of nitrogens with one attached hydrogen (secondary N) is 2. The number of amides is 2. The van der Waals surface area contributed by atoms with Crippen LogP contribution in [0.1, 0.15) is 29.5 Å². The minimum atomic E-state index is -0.245. The fraction of sp³-hybridized carbons (Fsp3) is 0.429. The summed E-state index contributed by atoms with van der Waals surface area (Å²) in [6.07, 6.45) is 5.59. The molecule has 1 aliphatic rings. The number of anilines is 1. The molecule has 144 valence electrons. The first kappa shape index (κ1) is 19.2. The number of aryl methyl sites for hydroxylation is 2. The summed E-state index contributed by atoms with van der Waals surface area (Å²) in [7, 11) is 0. The highest BCUT2D eigenvalue weighted by Gasteiger charge is 2.15. The summed E-state index contributed by atoms with van der Waals surface area (Å²) in [5.74, 6) is 1.34. The quantitative estimate of drug-likeness (QED) is 0.812. The van der Waals surface area contributed by atoms with E-state index in [1.165, 1.54) is 0 Å². The minimum absolute atomic E-state index is 0.245. The van der Waals surface area contributed by atoms with Gasteiger partial charge in [0.25, 0.3) is 0 Å². The smallest absolute Gasteiger partial charge is 0.319 e. The van der Waals surface area contributed by atoms with E-state index in [1.807, 2.05) is 38.1 Å². The summed E-state index contributed by atoms with van der Waals surface area (Å²) in [5, 5.41) is 5.75. The Balaban J connectivity index is 1.53. The predicted octanol–water partition coefficient (Wildman–Crippen LogP) is 3.83. The summed E-state index contributed by atoms with van der Waals surface area (Å²) in [6, 6.07) is 7.39. The molecule has 0 radical (unpaired) electrons. The number of nitrogens with zero attached hydrogens (tertiary/aromatic N) is 1. The van der Waals surface area contributed by atoms with E-state index in [1.54, 1.807) is 12.4 Å². The fourth-order valence-electron chi connectivity index (χ4n) is 3.01. The van der Waals surface area contributed by atoms with Gasteiger partial charge in [-0.05, 0) is 61.4 Å². The van der Waals surface area contributed by atoms with E-state index in [-0.39, 0.29) is 6.03 Å². The van der Waals surface area contributed by atoms with Gasteiger partial charge in [-0.15, -0.1) is 0 Å². The van der Waals surface area contributed by atoms with Crippen molar-refractivity contribution >= 4 is 11.7 Å². The van der Waals surface area contributed by atoms with Crippen molar-refractivity contribution in [3.63, 3.8) is 0 Å². The molecule has 0 aliphatic carbocycles. The van der Waals surface area contributed by atoms with Gasteiger partial charge in [0.1, 0.15) is 5.75 Å². The van der Waals surface area contributed by atoms with Gasteiger partial charge < -0.3 is 20.1 Å². The van der Waals surface area contributed by atoms with Gasteiger partial charge in [0.2, 0.25) is 0 Å². The second kappa shape index (κ2) is 9.37. The summed E-state index contributed by atoms with van der Waals surface area (Å²) in [5.41, 5.74) is 3.87. The molecule has 6 heteroatoms. The van der Waals surface area contributed by atoms with Crippen LogP contribution in [0.4, 0.5) is 10.5 Å². The molecule has 0 saturated carbocycles. The van der Waals surface area contributed by atoms with Crippen molar-refractivity contribution in [2.45, 2.75) is 33.2 Å². The highest BCUT2D eigenvalue weighted by molar-refractivity contribution is 5.89. The molecule has 2 aromatic rings. The van der Waals surface area contributed by atoms with Crippen LogP contribution in [-0.2, 0) is 11.3 Å². The van der Waals surface area contributed by atoms with Crippen LogP contribution in [0.2, 0.25) is 0 Å². The first-order chi connectivity index (χ1) is 13.1. The summed E-state index contributed by atoms with van der Waals surface area (Å²) in [6.45, 7) is 6.75. The van der Waals surface area contributed by atoms with Crippen molar-refractivity contribution in [2.75, 3.05) is 25.1 Å². The van der Waals surface area contributed by atoms with Crippen molar-refractivity contribution in [3.05, 3.63) is 53.3 Å². The molecular formula is C21H27N3O3. The first-order valence-electron chi connectivity index (χ1n) is 9.37. The van der Waals surface area contributed by atoms with Crippen LogP contribution in [-0.4, -0.2) is 30.8 Å². The van der Waals surface area contributed by atoms with Crippen LogP contribution in [0.15, 0.2) is 36.7 Å². The molecular weight excluding hydrogens is 342 g/mol. The molecule has 27 heavy (non-hydrogen) atoms. The van der Waals surface area contributed by atoms with Crippen molar-refractivity contribution in [1.82, 2.24) is 10.3 Å². The van der Waals surface area contributed by atoms with E-state index in [4.69, 9.17) is 9.47 Å². The minimum Gasteiger partial charge on any atom is -0.493 e. The van der Waals surface area contributed by atoms with Gasteiger partial charge in [-0.2, -0.15) is 0 Å². The number of urea groups is 1. The Labute approximate surface area is 160 Å². The van der Waals surface area contributed by atoms with Crippen LogP contribution in [0.5, 0.6) is 5.75 Å². The molecule has 1 fully saturated rings. The molecule has 1 aromatic carbocycles. The lowest BCUT2D eigenvalue weighted by Gasteiger charge is -2.22. The van der Waals surface area contributed by atoms with Crippen molar-refractivity contribution < 1.29 is 14.3 Å². The maximum absolute atomic E-state index is 12.2. The fourth-order valence-corrected chi connectivity index (χ4v) is 3.01. The second-order valence-electron chi connectivity index (χ2n) is 6.96. The molecule has 2 N–H and O–H groups in total. The molecule has 1 saturated heterocycles. The Morgan fingerprint density at radius 3 is 2.81 bits per heavy atom. The summed E-state index contributed by atoms with van der Waals surface area (Å²) >= 11 is 0. The highest BCUT2D eigenvalue weighted by Crippen LogP contribution is 2.24. The zero-order valence-corrected chi connectivity index (χ0v) is 16.0. The molecule has 1 aromatic heterocycles. The number of aromatic nitrogens is 1. The van der Waals surface area contributed by atoms with E-state index in [0.717, 1.165) is 48.5 Å². The van der Waals surface area contributed by atoms with Crippen molar-refractivity contribution in [2.24, 2.45) is 5.92 Å². The number of rotatable bonds is 6. The third-order valence-electron chi connectivity index (χ3n) is 4.84. The van der Waals surface area contributed by atoms with Crippen molar-refractivity contribution in [3.8, 4) is 5.75 Å². The van der Waals surface area contributed by atoms with Gasteiger partial charge in [-0.1, -0.05) is 6.07 Å². The average Bonchev–Trinajstić information content (AvgIpc) is 2.68. The summed E-state index contributed by atoms with van der Waals surface area (Å²) < 4.78 is 11.4. The monoisotopic (exact) mass is 369 g/mol. The molecule has 3 rings (SSSR count). The number of pyridine rings is 1. The third kappa shape index (κ3) is 5.69. The zero-order valence-electron chi connectivity index (χ0n) is 16.0. The number of benzene rings is 1. The number of ether oxygens (including phenoxy) is 2. The zero-order chi connectivity index (χ0) is 19.1. The predicted molar refractivity (Wildman–Crippen MR) is 105 cm³/mol. The standard InChI is InChI=1S/C21H27N3O3/c1-15-3-4-19(11-20(15)27-14-17-6-9-26-10-7-17)24-21(25)23-13-18-5-8-22-12-16(18)2/h3-5,8,11-12,17H,6-7,9-10,13-14H2,1-2H3,(H2,23,24,25). The lowest BCUT2D eigenvalue weighted by Crippen LogP contribution is -2.28. The summed E-state index contributed by atoms with van der Waals surface area (Å²) in [4.78, 5) is 16.3. The Bertz CT molecular complexity index is 773. The second-order valence-corrected chi connectivity index (χ2v) is 6.96. The Morgan fingerprint density at radius 2 is 2.04 bits per heavy atom. The van der Waals surface area contributed by atoms with Crippen LogP contribution in [0, 0.1) is 19.8 Å². The molecule has 2 amide bonds. The van der Waals surface area contributed by atoms with E-state index < -0.39 is 0 Å². The van der Waals surface area contributed by atoms with Crippen molar-refractivity contribution in [1.29, 1.82) is 0 Å². The van der Waals surface area contributed by atoms with E-state index in [2.05, 4.69) is 15.6 Å². The van der Waals surface area contributed by atoms with E-state index in [9.17, 15) is 4.79 Å². The Hall–Kier alpha value is -2.60. The van der Waals surface area contributed by atoms with Gasteiger partial charge in [-0.25, -0.2) is 4.79 Å². The highest BCUT2D eigenvalue weighted by atomic mass is 16.5. The average molecular weight is 369 g/mol. The van der Waals surface area contributed by atoms with Crippen LogP contribution in [0.3, 0.4) is 0 Å². The lowest BCUT2D eigenvalue weighted by atomic mass is 10.0. The molecule has 6 nitrogen and oxygen atoms in total. The van der Waals surface area contributed by atoms with Gasteiger partial charge in [0.05, 0.1) is 6.61 Å². The number of hydrogen-bond acceptors (Lipinski definition) is 4. The number of hydrogen-bond donors (Lipinski definition) is 2. The van der Waals surface area contributed by atoms with Gasteiger partial charge >= 0.3 is 6.03 Å². The van der Waals surface area contributed by atoms with Gasteiger partial charge in [0, 0.05) is 43.9 Å². The topological polar surface area (TPSA) is 72.5 Å². The van der Waals surface area contributed by atoms with Crippen LogP contribution in [0.25, 0.3) is 0 Å². The molecule has 1 aliphatic heterocycles. The number of carbonyl (C=O) groups excluding carboxylic acids is 1. The molecule has 0 atom stereocenters. The Kier molecular flexibility index (Phi) is 6.65. The molecule has 0 unspecified atom stereocenters. The normalized spacial score (nSPS) is 14.6. The van der Waals surface area contributed by atoms with Crippen LogP contribution < -0.4 is 15.4 Å². The van der Waals surface area contributed by atoms with Gasteiger partial charge in [0.15, 0.2) is 0 Å². The van der Waals surface area contributed by atoms with Crippen LogP contribution >= 0.6 is 0 Å². The van der Waals surface area contributed by atoms with Gasteiger partial charge in [-0.3, -0.25) is 4.98 Å². The van der Waals surface area contributed by atoms with E-state index in [0.29, 0.717) is 24.8 Å². The van der Waals surface area contributed by atoms with E-state index >= 15 is 0 Å². The number of carbonyl (C=O) groups is 1. The first-order valence-corrected chi connectivity index (χ1v) is 9.37. The molecule has 0 spiro atoms. The molecule has 2 heterocycles. The lowest BCUT2D eigenvalue weighted by molar-refractivity contribution is 0.0496. The SMILES string of the molecule is Cc1cnccc1CNC(=O)Nc1ccc(C)c(OCC2CCOCC2)c1. The largest absolute Gasteiger partial charge is 0.493 e.